The summed E-state index contributed by atoms with van der Waals surface area (Å²) < 4.78 is 0. The molecular weight excluding hydrogens is 236 g/mol. The lowest BCUT2D eigenvalue weighted by Gasteiger charge is -2.06. The van der Waals surface area contributed by atoms with Gasteiger partial charge in [-0.15, -0.1) is 0 Å². The normalized spacial score (nSPS) is 14.1. The lowest BCUT2D eigenvalue weighted by Crippen LogP contribution is -2.26. The van der Waals surface area contributed by atoms with E-state index in [1.807, 2.05) is 0 Å². The van der Waals surface area contributed by atoms with Crippen molar-refractivity contribution in [3.63, 3.8) is 0 Å². The molecule has 0 aromatic carbocycles. The zero-order chi connectivity index (χ0) is 12.3. The fourth-order valence-electron chi connectivity index (χ4n) is 1.43. The van der Waals surface area contributed by atoms with E-state index in [1.165, 1.54) is 12.8 Å². The van der Waals surface area contributed by atoms with Crippen LogP contribution in [0.5, 0.6) is 0 Å². The van der Waals surface area contributed by atoms with Gasteiger partial charge in [0.1, 0.15) is 5.82 Å². The van der Waals surface area contributed by atoms with Crippen LogP contribution in [0, 0.1) is 5.92 Å². The van der Waals surface area contributed by atoms with Gasteiger partial charge in [0.2, 0.25) is 0 Å². The standard InChI is InChI=1S/C11H14N4OS/c12-11(17)15-9-5-8(3-4-13-9)10(16)14-6-7-1-2-7/h3-5,7H,1-2,6H2,(H,14,16)(H3,12,13,15,17). The van der Waals surface area contributed by atoms with Crippen molar-refractivity contribution in [2.75, 3.05) is 11.9 Å². The van der Waals surface area contributed by atoms with Gasteiger partial charge in [-0.05, 0) is 43.1 Å². The quantitative estimate of drug-likeness (QED) is 0.691. The van der Waals surface area contributed by atoms with Crippen LogP contribution in [0.3, 0.4) is 0 Å². The highest BCUT2D eigenvalue weighted by atomic mass is 32.1. The van der Waals surface area contributed by atoms with E-state index < -0.39 is 0 Å². The number of carbonyl (C=O) groups is 1. The monoisotopic (exact) mass is 250 g/mol. The Hall–Kier alpha value is -1.69. The molecule has 0 atom stereocenters. The molecule has 1 aliphatic carbocycles. The summed E-state index contributed by atoms with van der Waals surface area (Å²) in [4.78, 5) is 15.8. The van der Waals surface area contributed by atoms with Gasteiger partial charge >= 0.3 is 0 Å². The molecule has 0 bridgehead atoms. The van der Waals surface area contributed by atoms with E-state index in [9.17, 15) is 4.79 Å². The van der Waals surface area contributed by atoms with Gasteiger partial charge in [-0.25, -0.2) is 4.98 Å². The second-order valence-electron chi connectivity index (χ2n) is 4.07. The molecular formula is C11H14N4OS. The second-order valence-corrected chi connectivity index (χ2v) is 4.51. The number of nitrogens with one attached hydrogen (secondary N) is 2. The Balaban J connectivity index is 1.98. The summed E-state index contributed by atoms with van der Waals surface area (Å²) in [7, 11) is 0. The molecule has 1 aromatic heterocycles. The summed E-state index contributed by atoms with van der Waals surface area (Å²) in [5, 5.41) is 5.71. The van der Waals surface area contributed by atoms with Crippen molar-refractivity contribution in [2.45, 2.75) is 12.8 Å². The molecule has 0 aliphatic heterocycles. The van der Waals surface area contributed by atoms with Crippen LogP contribution < -0.4 is 16.4 Å². The van der Waals surface area contributed by atoms with Crippen molar-refractivity contribution in [3.8, 4) is 0 Å². The lowest BCUT2D eigenvalue weighted by molar-refractivity contribution is 0.0951. The number of thiocarbonyl (C=S) groups is 1. The van der Waals surface area contributed by atoms with E-state index in [1.54, 1.807) is 18.3 Å². The summed E-state index contributed by atoms with van der Waals surface area (Å²) >= 11 is 4.71. The van der Waals surface area contributed by atoms with Gasteiger partial charge in [0.25, 0.3) is 5.91 Å². The van der Waals surface area contributed by atoms with Crippen LogP contribution in [0.15, 0.2) is 18.3 Å². The summed E-state index contributed by atoms with van der Waals surface area (Å²) in [6.07, 6.45) is 3.97. The van der Waals surface area contributed by atoms with Crippen LogP contribution in [-0.2, 0) is 0 Å². The molecule has 0 radical (unpaired) electrons. The zero-order valence-electron chi connectivity index (χ0n) is 9.27. The second kappa shape index (κ2) is 5.09. The summed E-state index contributed by atoms with van der Waals surface area (Å²) in [6.45, 7) is 0.749. The molecule has 0 unspecified atom stereocenters. The van der Waals surface area contributed by atoms with E-state index >= 15 is 0 Å². The van der Waals surface area contributed by atoms with Crippen molar-refractivity contribution >= 4 is 29.1 Å². The minimum atomic E-state index is -0.0923. The largest absolute Gasteiger partial charge is 0.376 e. The minimum absolute atomic E-state index is 0.0923. The van der Waals surface area contributed by atoms with Gasteiger partial charge in [0.15, 0.2) is 5.11 Å². The predicted molar refractivity (Wildman–Crippen MR) is 69.7 cm³/mol. The highest BCUT2D eigenvalue weighted by molar-refractivity contribution is 7.80. The van der Waals surface area contributed by atoms with Crippen LogP contribution in [0.1, 0.15) is 23.2 Å². The van der Waals surface area contributed by atoms with Gasteiger partial charge in [0, 0.05) is 18.3 Å². The maximum Gasteiger partial charge on any atom is 0.251 e. The van der Waals surface area contributed by atoms with Gasteiger partial charge < -0.3 is 16.4 Å². The SMILES string of the molecule is NC(=S)Nc1cc(C(=O)NCC2CC2)ccn1. The molecule has 1 saturated carbocycles. The average molecular weight is 250 g/mol. The molecule has 0 saturated heterocycles. The third-order valence-electron chi connectivity index (χ3n) is 2.52. The highest BCUT2D eigenvalue weighted by Crippen LogP contribution is 2.27. The van der Waals surface area contributed by atoms with Crippen molar-refractivity contribution in [1.82, 2.24) is 10.3 Å². The number of nitrogens with two attached hydrogens (primary N) is 1. The number of nitrogens with zero attached hydrogens (tertiary/aromatic N) is 1. The van der Waals surface area contributed by atoms with Gasteiger partial charge in [-0.2, -0.15) is 0 Å². The molecule has 2 rings (SSSR count). The molecule has 5 nitrogen and oxygen atoms in total. The number of hydrogen-bond acceptors (Lipinski definition) is 3. The Kier molecular flexibility index (Phi) is 3.53. The molecule has 17 heavy (non-hydrogen) atoms. The first-order valence-corrected chi connectivity index (χ1v) is 5.86. The molecule has 6 heteroatoms. The van der Waals surface area contributed by atoms with E-state index in [4.69, 9.17) is 18.0 Å². The Morgan fingerprint density at radius 3 is 3.00 bits per heavy atom. The molecule has 1 heterocycles. The predicted octanol–water partition coefficient (Wildman–Crippen LogP) is 0.877. The number of anilines is 1. The van der Waals surface area contributed by atoms with Gasteiger partial charge in [-0.3, -0.25) is 4.79 Å². The molecule has 90 valence electrons. The van der Waals surface area contributed by atoms with Crippen LogP contribution in [0.25, 0.3) is 0 Å². The Morgan fingerprint density at radius 1 is 1.59 bits per heavy atom. The Morgan fingerprint density at radius 2 is 2.35 bits per heavy atom. The number of pyridine rings is 1. The molecule has 4 N–H and O–H groups in total. The van der Waals surface area contributed by atoms with Crippen molar-refractivity contribution in [3.05, 3.63) is 23.9 Å². The third kappa shape index (κ3) is 3.67. The van der Waals surface area contributed by atoms with Crippen molar-refractivity contribution in [1.29, 1.82) is 0 Å². The number of amides is 1. The van der Waals surface area contributed by atoms with Gasteiger partial charge in [0.05, 0.1) is 0 Å². The number of aromatic nitrogens is 1. The Bertz CT molecular complexity index is 445. The van der Waals surface area contributed by atoms with Crippen LogP contribution in [0.2, 0.25) is 0 Å². The molecule has 0 spiro atoms. The first-order chi connectivity index (χ1) is 8.15. The molecule has 1 amide bonds. The molecule has 1 aliphatic rings. The zero-order valence-corrected chi connectivity index (χ0v) is 10.1. The highest BCUT2D eigenvalue weighted by Gasteiger charge is 2.21. The summed E-state index contributed by atoms with van der Waals surface area (Å²) in [5.41, 5.74) is 5.89. The number of carbonyl (C=O) groups excluding carboxylic acids is 1. The summed E-state index contributed by atoms with van der Waals surface area (Å²) in [6, 6.07) is 3.29. The van der Waals surface area contributed by atoms with Gasteiger partial charge in [-0.1, -0.05) is 0 Å². The minimum Gasteiger partial charge on any atom is -0.376 e. The third-order valence-corrected chi connectivity index (χ3v) is 2.62. The van der Waals surface area contributed by atoms with E-state index in [0.717, 1.165) is 6.54 Å². The van der Waals surface area contributed by atoms with E-state index in [2.05, 4.69) is 15.6 Å². The maximum atomic E-state index is 11.8. The average Bonchev–Trinajstić information content (AvgIpc) is 3.09. The number of hydrogen-bond donors (Lipinski definition) is 3. The maximum absolute atomic E-state index is 11.8. The summed E-state index contributed by atoms with van der Waals surface area (Å²) in [5.74, 6) is 1.05. The lowest BCUT2D eigenvalue weighted by atomic mass is 10.2. The first-order valence-electron chi connectivity index (χ1n) is 5.46. The molecule has 1 aromatic rings. The number of rotatable bonds is 4. The van der Waals surface area contributed by atoms with E-state index in [-0.39, 0.29) is 11.0 Å². The van der Waals surface area contributed by atoms with Crippen LogP contribution >= 0.6 is 12.2 Å². The van der Waals surface area contributed by atoms with Crippen molar-refractivity contribution in [2.24, 2.45) is 11.7 Å². The first kappa shape index (κ1) is 11.8. The van der Waals surface area contributed by atoms with E-state index in [0.29, 0.717) is 17.3 Å². The Labute approximate surface area is 105 Å². The smallest absolute Gasteiger partial charge is 0.251 e. The van der Waals surface area contributed by atoms with Crippen LogP contribution in [0.4, 0.5) is 5.82 Å². The fraction of sp³-hybridized carbons (Fsp3) is 0.364. The van der Waals surface area contributed by atoms with Crippen molar-refractivity contribution < 1.29 is 4.79 Å². The molecule has 1 fully saturated rings. The fourth-order valence-corrected chi connectivity index (χ4v) is 1.53. The topological polar surface area (TPSA) is 80.0 Å². The van der Waals surface area contributed by atoms with Crippen LogP contribution in [-0.4, -0.2) is 22.5 Å².